The molecule has 9 heteroatoms. The van der Waals surface area contributed by atoms with E-state index in [0.29, 0.717) is 29.9 Å². The van der Waals surface area contributed by atoms with Gasteiger partial charge in [0.05, 0.1) is 23.8 Å². The summed E-state index contributed by atoms with van der Waals surface area (Å²) in [7, 11) is 0. The monoisotopic (exact) mass is 439 g/mol. The lowest BCUT2D eigenvalue weighted by Gasteiger charge is -2.09. The molecule has 0 fully saturated rings. The van der Waals surface area contributed by atoms with Gasteiger partial charge in [0, 0.05) is 35.9 Å². The Kier molecular flexibility index (Phi) is 6.49. The molecular formula is C24H25N9. The number of allylic oxidation sites excluding steroid dienone is 1. The first-order valence-corrected chi connectivity index (χ1v) is 10.5. The largest absolute Gasteiger partial charge is 0.404 e. The Morgan fingerprint density at radius 3 is 2.67 bits per heavy atom. The third-order valence-corrected chi connectivity index (χ3v) is 5.00. The summed E-state index contributed by atoms with van der Waals surface area (Å²) < 4.78 is 0. The molecule has 166 valence electrons. The van der Waals surface area contributed by atoms with Crippen LogP contribution in [0.4, 0.5) is 17.5 Å². The van der Waals surface area contributed by atoms with Gasteiger partial charge in [0.1, 0.15) is 11.6 Å². The van der Waals surface area contributed by atoms with Gasteiger partial charge < -0.3 is 16.8 Å². The molecule has 0 amide bonds. The van der Waals surface area contributed by atoms with Crippen LogP contribution in [0.1, 0.15) is 36.5 Å². The summed E-state index contributed by atoms with van der Waals surface area (Å²) in [5.41, 5.74) is 16.6. The van der Waals surface area contributed by atoms with Crippen LogP contribution in [0.15, 0.2) is 66.2 Å². The van der Waals surface area contributed by atoms with Crippen LogP contribution in [0.25, 0.3) is 16.6 Å². The van der Waals surface area contributed by atoms with Crippen LogP contribution < -0.4 is 16.8 Å². The zero-order valence-corrected chi connectivity index (χ0v) is 18.5. The molecule has 0 aromatic carbocycles. The van der Waals surface area contributed by atoms with Gasteiger partial charge in [0.2, 0.25) is 0 Å². The normalized spacial score (nSPS) is 12.0. The van der Waals surface area contributed by atoms with E-state index in [1.807, 2.05) is 30.3 Å². The number of nitrogens with two attached hydrogens (primary N) is 2. The van der Waals surface area contributed by atoms with Crippen LogP contribution in [-0.4, -0.2) is 31.4 Å². The van der Waals surface area contributed by atoms with E-state index >= 15 is 0 Å². The van der Waals surface area contributed by atoms with E-state index < -0.39 is 0 Å². The van der Waals surface area contributed by atoms with Gasteiger partial charge >= 0.3 is 0 Å². The third-order valence-electron chi connectivity index (χ3n) is 5.00. The summed E-state index contributed by atoms with van der Waals surface area (Å²) in [5, 5.41) is 11.4. The molecule has 9 nitrogen and oxygen atoms in total. The minimum atomic E-state index is 0.358. The highest BCUT2D eigenvalue weighted by Gasteiger charge is 2.07. The van der Waals surface area contributed by atoms with E-state index in [-0.39, 0.29) is 0 Å². The third kappa shape index (κ3) is 5.45. The smallest absolute Gasteiger partial charge is 0.154 e. The van der Waals surface area contributed by atoms with Crippen molar-refractivity contribution in [2.24, 2.45) is 10.7 Å². The average Bonchev–Trinajstić information content (AvgIpc) is 2.83. The maximum atomic E-state index is 5.86. The number of nitrogen functional groups attached to an aromatic ring is 1. The molecule has 0 saturated carbocycles. The number of rotatable bonds is 7. The maximum absolute atomic E-state index is 5.86. The molecule has 0 bridgehead atoms. The number of hydrogen-bond acceptors (Lipinski definition) is 9. The first-order valence-electron chi connectivity index (χ1n) is 10.5. The molecule has 0 aliphatic carbocycles. The van der Waals surface area contributed by atoms with Crippen LogP contribution in [0.2, 0.25) is 0 Å². The second-order valence-corrected chi connectivity index (χ2v) is 7.80. The SMILES string of the molecule is CC(C)c1cnnc(Nc2ccc3ncc(C(C=NCc4ccc(N)nc4)=CN)cc3n2)c1. The van der Waals surface area contributed by atoms with Crippen LogP contribution in [0.3, 0.4) is 0 Å². The molecule has 0 unspecified atom stereocenters. The van der Waals surface area contributed by atoms with Crippen LogP contribution in [0, 0.1) is 0 Å². The van der Waals surface area contributed by atoms with Crippen molar-refractivity contribution >= 4 is 40.3 Å². The van der Waals surface area contributed by atoms with E-state index in [9.17, 15) is 0 Å². The van der Waals surface area contributed by atoms with Crippen molar-refractivity contribution in [2.45, 2.75) is 26.3 Å². The van der Waals surface area contributed by atoms with Crippen LogP contribution in [-0.2, 0) is 6.54 Å². The topological polar surface area (TPSA) is 141 Å². The minimum absolute atomic E-state index is 0.358. The Morgan fingerprint density at radius 1 is 1.03 bits per heavy atom. The maximum Gasteiger partial charge on any atom is 0.154 e. The number of aromatic nitrogens is 5. The van der Waals surface area contributed by atoms with Crippen molar-refractivity contribution in [3.05, 3.63) is 77.9 Å². The summed E-state index contributed by atoms with van der Waals surface area (Å²) in [6, 6.07) is 11.3. The van der Waals surface area contributed by atoms with E-state index in [1.165, 1.54) is 6.20 Å². The zero-order chi connectivity index (χ0) is 23.2. The van der Waals surface area contributed by atoms with Crippen molar-refractivity contribution < 1.29 is 0 Å². The molecule has 33 heavy (non-hydrogen) atoms. The summed E-state index contributed by atoms with van der Waals surface area (Å²) in [5.74, 6) is 2.13. The van der Waals surface area contributed by atoms with Gasteiger partial charge in [-0.3, -0.25) is 9.98 Å². The number of pyridine rings is 3. The molecule has 0 radical (unpaired) electrons. The van der Waals surface area contributed by atoms with Gasteiger partial charge in [0.15, 0.2) is 5.82 Å². The van der Waals surface area contributed by atoms with E-state index in [1.54, 1.807) is 30.9 Å². The van der Waals surface area contributed by atoms with Gasteiger partial charge in [-0.15, -0.1) is 5.10 Å². The quantitative estimate of drug-likeness (QED) is 0.369. The molecular weight excluding hydrogens is 414 g/mol. The summed E-state index contributed by atoms with van der Waals surface area (Å²) >= 11 is 0. The van der Waals surface area contributed by atoms with E-state index in [0.717, 1.165) is 33.3 Å². The number of hydrogen-bond donors (Lipinski definition) is 3. The Bertz CT molecular complexity index is 1310. The second-order valence-electron chi connectivity index (χ2n) is 7.80. The second kappa shape index (κ2) is 9.82. The fourth-order valence-corrected chi connectivity index (χ4v) is 3.12. The molecule has 4 aromatic heterocycles. The first kappa shape index (κ1) is 21.8. The molecule has 4 aromatic rings. The highest BCUT2D eigenvalue weighted by Crippen LogP contribution is 2.21. The molecule has 0 aliphatic heterocycles. The summed E-state index contributed by atoms with van der Waals surface area (Å²) in [4.78, 5) is 17.7. The van der Waals surface area contributed by atoms with Crippen molar-refractivity contribution in [3.63, 3.8) is 0 Å². The first-order chi connectivity index (χ1) is 16.0. The van der Waals surface area contributed by atoms with E-state index in [2.05, 4.69) is 49.3 Å². The van der Waals surface area contributed by atoms with Crippen molar-refractivity contribution in [1.82, 2.24) is 25.1 Å². The molecule has 0 saturated heterocycles. The standard InChI is InChI=1S/C24H25N9/c1-15(2)17-8-24(33-30-14-17)32-23-6-4-20-21(31-23)7-18(13-28-20)19(9-25)12-27-10-16-3-5-22(26)29-11-16/h3-9,11-15H,10,25H2,1-2H3,(H2,26,29)(H,31,32,33). The lowest BCUT2D eigenvalue weighted by atomic mass is 10.1. The Balaban J connectivity index is 1.54. The van der Waals surface area contributed by atoms with Gasteiger partial charge in [-0.25, -0.2) is 9.97 Å². The van der Waals surface area contributed by atoms with Crippen LogP contribution in [0.5, 0.6) is 0 Å². The Morgan fingerprint density at radius 2 is 1.91 bits per heavy atom. The predicted molar refractivity (Wildman–Crippen MR) is 132 cm³/mol. The lowest BCUT2D eigenvalue weighted by Crippen LogP contribution is -2.00. The van der Waals surface area contributed by atoms with E-state index in [4.69, 9.17) is 11.5 Å². The number of nitrogens with one attached hydrogen (secondary N) is 1. The van der Waals surface area contributed by atoms with Crippen molar-refractivity contribution in [2.75, 3.05) is 11.1 Å². The Hall–Kier alpha value is -4.40. The highest BCUT2D eigenvalue weighted by molar-refractivity contribution is 6.10. The number of fused-ring (bicyclic) bond motifs is 1. The van der Waals surface area contributed by atoms with Gasteiger partial charge in [-0.05, 0) is 47.4 Å². The van der Waals surface area contributed by atoms with Gasteiger partial charge in [-0.2, -0.15) is 5.10 Å². The lowest BCUT2D eigenvalue weighted by molar-refractivity contribution is 0.843. The van der Waals surface area contributed by atoms with Gasteiger partial charge in [0.25, 0.3) is 0 Å². The molecule has 0 spiro atoms. The zero-order valence-electron chi connectivity index (χ0n) is 18.5. The highest BCUT2D eigenvalue weighted by atomic mass is 15.2. The molecule has 0 aliphatic rings. The predicted octanol–water partition coefficient (Wildman–Crippen LogP) is 3.83. The minimum Gasteiger partial charge on any atom is -0.404 e. The van der Waals surface area contributed by atoms with Gasteiger partial charge in [-0.1, -0.05) is 19.9 Å². The summed E-state index contributed by atoms with van der Waals surface area (Å²) in [6.45, 7) is 4.69. The molecule has 0 atom stereocenters. The van der Waals surface area contributed by atoms with Crippen LogP contribution >= 0.6 is 0 Å². The molecule has 5 N–H and O–H groups in total. The fraction of sp³-hybridized carbons (Fsp3) is 0.167. The fourth-order valence-electron chi connectivity index (χ4n) is 3.12. The Labute approximate surface area is 191 Å². The van der Waals surface area contributed by atoms with Crippen molar-refractivity contribution in [1.29, 1.82) is 0 Å². The number of aliphatic imine (C=N–C) groups is 1. The number of anilines is 3. The van der Waals surface area contributed by atoms with Crippen molar-refractivity contribution in [3.8, 4) is 0 Å². The average molecular weight is 440 g/mol. The number of nitrogens with zero attached hydrogens (tertiary/aromatic N) is 6. The molecule has 4 rings (SSSR count). The summed E-state index contributed by atoms with van der Waals surface area (Å²) in [6.07, 6.45) is 8.45. The molecule has 4 heterocycles.